The van der Waals surface area contributed by atoms with E-state index in [1.165, 1.54) is 0 Å². The number of rotatable bonds is 3. The average Bonchev–Trinajstić information content (AvgIpc) is 2.58. The van der Waals surface area contributed by atoms with E-state index in [9.17, 15) is 9.90 Å². The molecule has 0 aliphatic rings. The second-order valence-electron chi connectivity index (χ2n) is 3.92. The van der Waals surface area contributed by atoms with Gasteiger partial charge in [0.05, 0.1) is 18.2 Å². The van der Waals surface area contributed by atoms with E-state index in [1.54, 1.807) is 0 Å². The quantitative estimate of drug-likeness (QED) is 0.736. The lowest BCUT2D eigenvalue weighted by Crippen LogP contribution is -2.51. The molecule has 2 rings (SSSR count). The SMILES string of the molecule is Cc1ccc2[nH]c(C(=O)[O-])c(CC[NH3+])c2c1. The molecule has 0 bridgehead atoms. The van der Waals surface area contributed by atoms with Crippen molar-refractivity contribution in [1.82, 2.24) is 4.98 Å². The lowest BCUT2D eigenvalue weighted by atomic mass is 10.1. The Morgan fingerprint density at radius 1 is 1.50 bits per heavy atom. The maximum Gasteiger partial charge on any atom is 0.0881 e. The molecule has 84 valence electrons. The van der Waals surface area contributed by atoms with Gasteiger partial charge in [0.1, 0.15) is 0 Å². The fraction of sp³-hybridized carbons (Fsp3) is 0.250. The van der Waals surface area contributed by atoms with Gasteiger partial charge in [-0.2, -0.15) is 0 Å². The molecule has 16 heavy (non-hydrogen) atoms. The minimum absolute atomic E-state index is 0.184. The van der Waals surface area contributed by atoms with Crippen LogP contribution in [0, 0.1) is 6.92 Å². The van der Waals surface area contributed by atoms with E-state index in [1.807, 2.05) is 25.1 Å². The van der Waals surface area contributed by atoms with Gasteiger partial charge in [-0.05, 0) is 24.6 Å². The molecule has 4 nitrogen and oxygen atoms in total. The van der Waals surface area contributed by atoms with E-state index in [0.717, 1.165) is 22.0 Å². The topological polar surface area (TPSA) is 83.6 Å². The van der Waals surface area contributed by atoms with Crippen LogP contribution >= 0.6 is 0 Å². The van der Waals surface area contributed by atoms with Crippen LogP contribution in [-0.4, -0.2) is 17.5 Å². The van der Waals surface area contributed by atoms with Gasteiger partial charge >= 0.3 is 0 Å². The van der Waals surface area contributed by atoms with Crippen LogP contribution < -0.4 is 10.8 Å². The number of carbonyl (C=O) groups is 1. The Balaban J connectivity index is 2.71. The maximum atomic E-state index is 11.0. The third-order valence-electron chi connectivity index (χ3n) is 2.69. The summed E-state index contributed by atoms with van der Waals surface area (Å²) in [5.74, 6) is -1.16. The highest BCUT2D eigenvalue weighted by Crippen LogP contribution is 2.23. The lowest BCUT2D eigenvalue weighted by Gasteiger charge is -2.02. The number of carboxylic acids is 1. The summed E-state index contributed by atoms with van der Waals surface area (Å²) in [6.07, 6.45) is 0.646. The summed E-state index contributed by atoms with van der Waals surface area (Å²) in [6.45, 7) is 2.65. The number of aryl methyl sites for hydroxylation is 1. The van der Waals surface area contributed by atoms with Crippen LogP contribution in [0.2, 0.25) is 0 Å². The van der Waals surface area contributed by atoms with Crippen molar-refractivity contribution in [3.8, 4) is 0 Å². The summed E-state index contributed by atoms with van der Waals surface area (Å²) >= 11 is 0. The maximum absolute atomic E-state index is 11.0. The highest BCUT2D eigenvalue weighted by atomic mass is 16.4. The van der Waals surface area contributed by atoms with Crippen molar-refractivity contribution in [2.45, 2.75) is 13.3 Å². The molecule has 4 heteroatoms. The van der Waals surface area contributed by atoms with Gasteiger partial charge in [-0.3, -0.25) is 0 Å². The first-order valence-corrected chi connectivity index (χ1v) is 5.25. The van der Waals surface area contributed by atoms with Crippen LogP contribution in [0.15, 0.2) is 18.2 Å². The Hall–Kier alpha value is -1.81. The number of aromatic amines is 1. The molecule has 0 atom stereocenters. The minimum atomic E-state index is -1.16. The standard InChI is InChI=1S/C12H14N2O2/c1-7-2-3-10-9(6-7)8(4-5-13)11(14-10)12(15)16/h2-3,6,14H,4-5,13H2,1H3,(H,15,16). The summed E-state index contributed by atoms with van der Waals surface area (Å²) in [4.78, 5) is 13.9. The molecule has 0 radical (unpaired) electrons. The van der Waals surface area contributed by atoms with E-state index in [-0.39, 0.29) is 5.69 Å². The fourth-order valence-electron chi connectivity index (χ4n) is 1.97. The molecule has 2 aromatic rings. The van der Waals surface area contributed by atoms with Crippen molar-refractivity contribution in [3.63, 3.8) is 0 Å². The van der Waals surface area contributed by atoms with Crippen molar-refractivity contribution < 1.29 is 15.6 Å². The normalized spacial score (nSPS) is 10.9. The van der Waals surface area contributed by atoms with E-state index < -0.39 is 5.97 Å². The van der Waals surface area contributed by atoms with Gasteiger partial charge < -0.3 is 20.6 Å². The molecule has 0 unspecified atom stereocenters. The number of H-pyrrole nitrogens is 1. The number of aromatic carboxylic acids is 1. The van der Waals surface area contributed by atoms with Gasteiger partial charge in [-0.25, -0.2) is 0 Å². The monoisotopic (exact) mass is 218 g/mol. The third kappa shape index (κ3) is 1.67. The first kappa shape index (κ1) is 10.7. The largest absolute Gasteiger partial charge is 0.543 e. The number of quaternary nitrogens is 1. The van der Waals surface area contributed by atoms with E-state index in [0.29, 0.717) is 13.0 Å². The fourth-order valence-corrected chi connectivity index (χ4v) is 1.97. The van der Waals surface area contributed by atoms with Crippen LogP contribution in [0.4, 0.5) is 0 Å². The zero-order chi connectivity index (χ0) is 11.7. The molecule has 0 amide bonds. The molecular formula is C12H14N2O2. The van der Waals surface area contributed by atoms with Gasteiger partial charge in [-0.1, -0.05) is 11.6 Å². The predicted molar refractivity (Wildman–Crippen MR) is 58.8 cm³/mol. The second kappa shape index (κ2) is 3.98. The molecule has 0 aliphatic carbocycles. The van der Waals surface area contributed by atoms with Gasteiger partial charge in [-0.15, -0.1) is 0 Å². The zero-order valence-electron chi connectivity index (χ0n) is 9.17. The van der Waals surface area contributed by atoms with Crippen molar-refractivity contribution in [1.29, 1.82) is 0 Å². The van der Waals surface area contributed by atoms with Crippen molar-refractivity contribution in [2.24, 2.45) is 0 Å². The number of benzene rings is 1. The van der Waals surface area contributed by atoms with E-state index in [4.69, 9.17) is 0 Å². The number of carboxylic acid groups (broad SMARTS) is 1. The molecule has 0 aliphatic heterocycles. The molecular weight excluding hydrogens is 204 g/mol. The van der Waals surface area contributed by atoms with E-state index in [2.05, 4.69) is 10.7 Å². The van der Waals surface area contributed by atoms with Crippen molar-refractivity contribution >= 4 is 16.9 Å². The predicted octanol–water partition coefficient (Wildman–Crippen LogP) is -0.376. The molecule has 0 spiro atoms. The summed E-state index contributed by atoms with van der Waals surface area (Å²) in [5, 5.41) is 11.9. The van der Waals surface area contributed by atoms with Gasteiger partial charge in [0, 0.05) is 17.3 Å². The van der Waals surface area contributed by atoms with E-state index >= 15 is 0 Å². The molecule has 0 saturated carbocycles. The van der Waals surface area contributed by atoms with Crippen molar-refractivity contribution in [2.75, 3.05) is 6.54 Å². The smallest absolute Gasteiger partial charge is 0.0881 e. The number of hydrogen-bond donors (Lipinski definition) is 2. The third-order valence-corrected chi connectivity index (χ3v) is 2.69. The molecule has 0 saturated heterocycles. The number of fused-ring (bicyclic) bond motifs is 1. The Morgan fingerprint density at radius 2 is 2.25 bits per heavy atom. The Labute approximate surface area is 93.1 Å². The Bertz CT molecular complexity index is 543. The Kier molecular flexibility index (Phi) is 2.66. The van der Waals surface area contributed by atoms with Gasteiger partial charge in [0.15, 0.2) is 0 Å². The highest BCUT2D eigenvalue weighted by Gasteiger charge is 2.11. The van der Waals surface area contributed by atoms with Gasteiger partial charge in [0.2, 0.25) is 0 Å². The zero-order valence-corrected chi connectivity index (χ0v) is 9.17. The molecule has 1 heterocycles. The first-order valence-electron chi connectivity index (χ1n) is 5.25. The molecule has 1 aromatic heterocycles. The van der Waals surface area contributed by atoms with Crippen LogP contribution in [-0.2, 0) is 6.42 Å². The molecule has 4 N–H and O–H groups in total. The summed E-state index contributed by atoms with van der Waals surface area (Å²) in [6, 6.07) is 5.83. The minimum Gasteiger partial charge on any atom is -0.543 e. The highest BCUT2D eigenvalue weighted by molar-refractivity contribution is 5.96. The number of nitrogens with one attached hydrogen (secondary N) is 1. The van der Waals surface area contributed by atoms with Crippen LogP contribution in [0.1, 0.15) is 21.6 Å². The average molecular weight is 218 g/mol. The van der Waals surface area contributed by atoms with Crippen LogP contribution in [0.25, 0.3) is 10.9 Å². The summed E-state index contributed by atoms with van der Waals surface area (Å²) in [7, 11) is 0. The van der Waals surface area contributed by atoms with Crippen molar-refractivity contribution in [3.05, 3.63) is 35.0 Å². The molecule has 0 fully saturated rings. The van der Waals surface area contributed by atoms with Gasteiger partial charge in [0.25, 0.3) is 0 Å². The number of hydrogen-bond acceptors (Lipinski definition) is 2. The first-order chi connectivity index (χ1) is 7.63. The number of carbonyl (C=O) groups excluding carboxylic acids is 1. The van der Waals surface area contributed by atoms with Crippen LogP contribution in [0.3, 0.4) is 0 Å². The second-order valence-corrected chi connectivity index (χ2v) is 3.92. The molecule has 1 aromatic carbocycles. The Morgan fingerprint density at radius 3 is 2.88 bits per heavy atom. The summed E-state index contributed by atoms with van der Waals surface area (Å²) in [5.41, 5.74) is 6.70. The lowest BCUT2D eigenvalue weighted by molar-refractivity contribution is -0.366. The summed E-state index contributed by atoms with van der Waals surface area (Å²) < 4.78 is 0. The van der Waals surface area contributed by atoms with Crippen LogP contribution in [0.5, 0.6) is 0 Å². The number of aromatic nitrogens is 1.